The van der Waals surface area contributed by atoms with Gasteiger partial charge < -0.3 is 25.4 Å². The number of ether oxygens (including phenoxy) is 2. The molecule has 1 saturated heterocycles. The summed E-state index contributed by atoms with van der Waals surface area (Å²) in [5, 5.41) is 11.4. The molecule has 30 heavy (non-hydrogen) atoms. The summed E-state index contributed by atoms with van der Waals surface area (Å²) in [7, 11) is 3.38. The fraction of sp³-hybridized carbons (Fsp3) is 0.458. The summed E-state index contributed by atoms with van der Waals surface area (Å²) >= 11 is 5.56. The molecule has 0 spiro atoms. The minimum absolute atomic E-state index is 0.150. The summed E-state index contributed by atoms with van der Waals surface area (Å²) in [5.74, 6) is 1.59. The highest BCUT2D eigenvalue weighted by atomic mass is 32.1. The summed E-state index contributed by atoms with van der Waals surface area (Å²) in [6, 6.07) is 17.6. The van der Waals surface area contributed by atoms with Gasteiger partial charge in [-0.25, -0.2) is 0 Å². The summed E-state index contributed by atoms with van der Waals surface area (Å²) in [6.07, 6.45) is 4.43. The fourth-order valence-electron chi connectivity index (χ4n) is 5.06. The van der Waals surface area contributed by atoms with Crippen molar-refractivity contribution in [2.75, 3.05) is 20.8 Å². The highest BCUT2D eigenvalue weighted by Gasteiger charge is 2.48. The zero-order chi connectivity index (χ0) is 21.0. The summed E-state index contributed by atoms with van der Waals surface area (Å²) < 4.78 is 11.0. The van der Waals surface area contributed by atoms with Gasteiger partial charge in [-0.1, -0.05) is 36.4 Å². The Hall–Kier alpha value is -2.31. The van der Waals surface area contributed by atoms with Crippen LogP contribution >= 0.6 is 12.2 Å². The van der Waals surface area contributed by atoms with E-state index in [2.05, 4.69) is 40.2 Å². The first kappa shape index (κ1) is 20.9. The van der Waals surface area contributed by atoms with Crippen molar-refractivity contribution >= 4 is 17.3 Å². The van der Waals surface area contributed by atoms with Crippen LogP contribution in [0.1, 0.15) is 36.8 Å². The van der Waals surface area contributed by atoms with Crippen molar-refractivity contribution in [2.45, 2.75) is 49.7 Å². The van der Waals surface area contributed by atoms with Crippen LogP contribution in [-0.4, -0.2) is 38.0 Å². The van der Waals surface area contributed by atoms with Crippen LogP contribution in [0.2, 0.25) is 0 Å². The zero-order valence-corrected chi connectivity index (χ0v) is 18.6. The van der Waals surface area contributed by atoms with Gasteiger partial charge in [-0.05, 0) is 67.7 Å². The molecule has 2 aromatic carbocycles. The zero-order valence-electron chi connectivity index (χ0n) is 17.7. The van der Waals surface area contributed by atoms with E-state index in [4.69, 9.17) is 21.7 Å². The molecule has 3 atom stereocenters. The Morgan fingerprint density at radius 1 is 1.10 bits per heavy atom. The predicted octanol–water partition coefficient (Wildman–Crippen LogP) is 3.52. The first-order valence-corrected chi connectivity index (χ1v) is 11.1. The number of hydrogen-bond donors (Lipinski definition) is 3. The molecular formula is C24H31N3O2S. The third-order valence-electron chi connectivity index (χ3n) is 6.68. The van der Waals surface area contributed by atoms with Crippen molar-refractivity contribution < 1.29 is 9.47 Å². The molecule has 3 unspecified atom stereocenters. The van der Waals surface area contributed by atoms with E-state index in [1.807, 2.05) is 24.3 Å². The first-order valence-electron chi connectivity index (χ1n) is 10.7. The largest absolute Gasteiger partial charge is 0.493 e. The molecule has 0 radical (unpaired) electrons. The summed E-state index contributed by atoms with van der Waals surface area (Å²) in [6.45, 7) is 1.79. The van der Waals surface area contributed by atoms with Gasteiger partial charge in [0, 0.05) is 24.0 Å². The van der Waals surface area contributed by atoms with Crippen LogP contribution in [0.25, 0.3) is 0 Å². The number of methoxy groups -OCH3 is 2. The van der Waals surface area contributed by atoms with E-state index in [0.29, 0.717) is 12.1 Å². The summed E-state index contributed by atoms with van der Waals surface area (Å²) in [5.41, 5.74) is 2.73. The standard InChI is InChI=1S/C24H31N3O2S/c1-28-20-9-8-18(14-21(20)29-2)24-11-10-19(15-22(24)25-13-12-24)27-23(30)26-16-17-6-4-3-5-7-17/h3-9,14,19,22,25H,10-13,15-16H2,1-2H3,(H2,26,27,30). The second kappa shape index (κ2) is 9.23. The number of nitrogens with one attached hydrogen (secondary N) is 3. The smallest absolute Gasteiger partial charge is 0.166 e. The number of hydrogen-bond acceptors (Lipinski definition) is 4. The number of fused-ring (bicyclic) bond motifs is 1. The molecule has 1 aliphatic heterocycles. The lowest BCUT2D eigenvalue weighted by Gasteiger charge is -2.43. The van der Waals surface area contributed by atoms with Crippen molar-refractivity contribution in [3.05, 3.63) is 59.7 Å². The molecule has 2 fully saturated rings. The molecule has 1 aliphatic carbocycles. The monoisotopic (exact) mass is 425 g/mol. The first-order chi connectivity index (χ1) is 14.6. The lowest BCUT2D eigenvalue weighted by molar-refractivity contribution is 0.234. The maximum atomic E-state index is 5.57. The van der Waals surface area contributed by atoms with Gasteiger partial charge >= 0.3 is 0 Å². The molecule has 1 saturated carbocycles. The van der Waals surface area contributed by atoms with E-state index in [1.165, 1.54) is 11.1 Å². The van der Waals surface area contributed by atoms with Gasteiger partial charge in [-0.2, -0.15) is 0 Å². The maximum Gasteiger partial charge on any atom is 0.166 e. The Labute approximate surface area is 184 Å². The fourth-order valence-corrected chi connectivity index (χ4v) is 5.30. The third kappa shape index (κ3) is 4.25. The second-order valence-corrected chi connectivity index (χ2v) is 8.67. The van der Waals surface area contributed by atoms with E-state index in [0.717, 1.165) is 55.4 Å². The minimum atomic E-state index is 0.150. The molecule has 0 aromatic heterocycles. The van der Waals surface area contributed by atoms with Crippen LogP contribution in [0, 0.1) is 0 Å². The average molecular weight is 426 g/mol. The van der Waals surface area contributed by atoms with Crippen LogP contribution in [0.4, 0.5) is 0 Å². The summed E-state index contributed by atoms with van der Waals surface area (Å²) in [4.78, 5) is 0. The van der Waals surface area contributed by atoms with Crippen LogP contribution < -0.4 is 25.4 Å². The van der Waals surface area contributed by atoms with E-state index in [-0.39, 0.29) is 5.41 Å². The van der Waals surface area contributed by atoms with Crippen molar-refractivity contribution in [2.24, 2.45) is 0 Å². The highest BCUT2D eigenvalue weighted by molar-refractivity contribution is 7.80. The molecule has 0 bridgehead atoms. The lowest BCUT2D eigenvalue weighted by atomic mass is 9.65. The second-order valence-electron chi connectivity index (χ2n) is 8.27. The average Bonchev–Trinajstić information content (AvgIpc) is 3.22. The van der Waals surface area contributed by atoms with Crippen molar-refractivity contribution in [3.63, 3.8) is 0 Å². The predicted molar refractivity (Wildman–Crippen MR) is 124 cm³/mol. The lowest BCUT2D eigenvalue weighted by Crippen LogP contribution is -2.52. The molecule has 160 valence electrons. The van der Waals surface area contributed by atoms with E-state index >= 15 is 0 Å². The normalized spacial score (nSPS) is 25.3. The highest BCUT2D eigenvalue weighted by Crippen LogP contribution is 2.47. The third-order valence-corrected chi connectivity index (χ3v) is 6.94. The molecule has 0 amide bonds. The topological polar surface area (TPSA) is 54.5 Å². The molecule has 1 heterocycles. The van der Waals surface area contributed by atoms with Crippen LogP contribution in [-0.2, 0) is 12.0 Å². The SMILES string of the molecule is COc1ccc(C23CCNC2CC(NC(=S)NCc2ccccc2)CC3)cc1OC. The van der Waals surface area contributed by atoms with Crippen LogP contribution in [0.5, 0.6) is 11.5 Å². The van der Waals surface area contributed by atoms with Gasteiger partial charge in [0.15, 0.2) is 16.6 Å². The quantitative estimate of drug-likeness (QED) is 0.616. The van der Waals surface area contributed by atoms with Gasteiger partial charge in [0.2, 0.25) is 0 Å². The van der Waals surface area contributed by atoms with Gasteiger partial charge in [0.25, 0.3) is 0 Å². The van der Waals surface area contributed by atoms with E-state index in [1.54, 1.807) is 14.2 Å². The molecule has 2 aliphatic rings. The minimum Gasteiger partial charge on any atom is -0.493 e. The van der Waals surface area contributed by atoms with Gasteiger partial charge in [0.05, 0.1) is 14.2 Å². The number of thiocarbonyl (C=S) groups is 1. The van der Waals surface area contributed by atoms with Gasteiger partial charge in [-0.15, -0.1) is 0 Å². The number of benzene rings is 2. The Morgan fingerprint density at radius 2 is 1.90 bits per heavy atom. The van der Waals surface area contributed by atoms with E-state index < -0.39 is 0 Å². The molecule has 4 rings (SSSR count). The van der Waals surface area contributed by atoms with Gasteiger partial charge in [0.1, 0.15) is 0 Å². The molecule has 2 aromatic rings. The Bertz CT molecular complexity index is 876. The molecule has 3 N–H and O–H groups in total. The molecule has 5 nitrogen and oxygen atoms in total. The van der Waals surface area contributed by atoms with Crippen molar-refractivity contribution in [1.82, 2.24) is 16.0 Å². The van der Waals surface area contributed by atoms with Crippen LogP contribution in [0.15, 0.2) is 48.5 Å². The van der Waals surface area contributed by atoms with E-state index in [9.17, 15) is 0 Å². The molecule has 6 heteroatoms. The van der Waals surface area contributed by atoms with Crippen molar-refractivity contribution in [3.8, 4) is 11.5 Å². The van der Waals surface area contributed by atoms with Gasteiger partial charge in [-0.3, -0.25) is 0 Å². The Balaban J connectivity index is 1.40. The van der Waals surface area contributed by atoms with Crippen molar-refractivity contribution in [1.29, 1.82) is 0 Å². The Morgan fingerprint density at radius 3 is 2.67 bits per heavy atom. The molecular weight excluding hydrogens is 394 g/mol. The Kier molecular flexibility index (Phi) is 6.44. The number of rotatable bonds is 6. The maximum absolute atomic E-state index is 5.57. The van der Waals surface area contributed by atoms with Crippen LogP contribution in [0.3, 0.4) is 0 Å².